The molecule has 0 saturated carbocycles. The summed E-state index contributed by atoms with van der Waals surface area (Å²) in [4.78, 5) is 9.37. The standard InChI is InChI=1S/C34H27N5O16S4/c1-54-25-12-16(6-8-21(25)36-38-23-10-11-28(57(45,46)47)20-15-29(58(48,49)50)31(35)33(41)30(20)23)17-7-9-22(26(13-17)55-2)37-39-24-14-19-18(32(40)34(24)59(51,52)53)4-3-5-27(19)56(42,43)44/h3-15,35,37,39-40H,1-2H3,(H,42,43,44)(H,45,46,47)(H,48,49,50)(H,51,52,53). The highest BCUT2D eigenvalue weighted by Crippen LogP contribution is 2.42. The Balaban J connectivity index is 1.33. The fourth-order valence-electron chi connectivity index (χ4n) is 6.02. The van der Waals surface area contributed by atoms with Crippen LogP contribution >= 0.6 is 0 Å². The number of hydrazine groups is 1. The van der Waals surface area contributed by atoms with Crippen LogP contribution in [0.15, 0.2) is 103 Å². The van der Waals surface area contributed by atoms with Crippen molar-refractivity contribution in [3.05, 3.63) is 88.8 Å². The van der Waals surface area contributed by atoms with Gasteiger partial charge in [0.1, 0.15) is 43.3 Å². The number of azo groups is 1. The lowest BCUT2D eigenvalue weighted by Crippen LogP contribution is -2.26. The predicted octanol–water partition coefficient (Wildman–Crippen LogP) is 5.27. The highest BCUT2D eigenvalue weighted by atomic mass is 32.2. The van der Waals surface area contributed by atoms with Crippen molar-refractivity contribution in [1.29, 1.82) is 5.41 Å². The molecule has 0 radical (unpaired) electrons. The van der Waals surface area contributed by atoms with E-state index in [0.717, 1.165) is 30.3 Å². The normalized spacial score (nSPS) is 13.6. The second-order valence-electron chi connectivity index (χ2n) is 12.2. The van der Waals surface area contributed by atoms with Crippen molar-refractivity contribution in [3.63, 3.8) is 0 Å². The van der Waals surface area contributed by atoms with Gasteiger partial charge < -0.3 is 14.6 Å². The number of carbonyl (C=O) groups excluding carboxylic acids is 1. The molecule has 308 valence electrons. The second kappa shape index (κ2) is 15.1. The summed E-state index contributed by atoms with van der Waals surface area (Å²) in [6.07, 6.45) is 0.546. The molecular weight excluding hydrogens is 863 g/mol. The van der Waals surface area contributed by atoms with Crippen molar-refractivity contribution in [2.75, 3.05) is 25.1 Å². The minimum Gasteiger partial charge on any atom is -0.506 e. The number of ether oxygens (including phenoxy) is 2. The van der Waals surface area contributed by atoms with Crippen LogP contribution in [0.1, 0.15) is 15.9 Å². The number of hydrogen-bond acceptors (Lipinski definition) is 17. The Hall–Kier alpha value is -6.32. The van der Waals surface area contributed by atoms with E-state index in [2.05, 4.69) is 21.1 Å². The van der Waals surface area contributed by atoms with E-state index in [9.17, 15) is 61.8 Å². The van der Waals surface area contributed by atoms with Gasteiger partial charge in [0.15, 0.2) is 4.90 Å². The number of nitrogens with zero attached hydrogens (tertiary/aromatic N) is 2. The van der Waals surface area contributed by atoms with E-state index in [-0.39, 0.29) is 39.3 Å². The van der Waals surface area contributed by atoms with Gasteiger partial charge in [-0.2, -0.15) is 33.7 Å². The molecule has 1 aliphatic rings. The van der Waals surface area contributed by atoms with Gasteiger partial charge in [-0.25, -0.2) is 0 Å². The number of ketones is 1. The third kappa shape index (κ3) is 8.21. The van der Waals surface area contributed by atoms with Crippen molar-refractivity contribution < 1.29 is 71.3 Å². The first-order valence-electron chi connectivity index (χ1n) is 16.0. The van der Waals surface area contributed by atoms with E-state index in [0.29, 0.717) is 17.2 Å². The summed E-state index contributed by atoms with van der Waals surface area (Å²) in [5.41, 5.74) is 3.16. The summed E-state index contributed by atoms with van der Waals surface area (Å²) < 4.78 is 146. The van der Waals surface area contributed by atoms with Gasteiger partial charge in [0.25, 0.3) is 40.5 Å². The zero-order valence-electron chi connectivity index (χ0n) is 29.8. The zero-order chi connectivity index (χ0) is 43.4. The number of phenolic OH excluding ortho intramolecular Hbond substituents is 1. The third-order valence-electron chi connectivity index (χ3n) is 8.63. The number of fused-ring (bicyclic) bond motifs is 2. The SMILES string of the molecule is COc1cc(-c2ccc(NNc3cc4c(S(=O)(=O)O)cccc4c(O)c3S(=O)(=O)O)c(OC)c2)ccc1N=Nc1ccc(S(=O)(=O)O)c2c1C(=O)C(=N)C(S(=O)(=O)O)=C2. The van der Waals surface area contributed by atoms with Gasteiger partial charge in [0.05, 0.1) is 36.8 Å². The van der Waals surface area contributed by atoms with Crippen LogP contribution in [0, 0.1) is 5.41 Å². The topological polar surface area (TPSA) is 346 Å². The first kappa shape index (κ1) is 42.3. The molecule has 6 rings (SSSR count). The highest BCUT2D eigenvalue weighted by Gasteiger charge is 2.36. The summed E-state index contributed by atoms with van der Waals surface area (Å²) >= 11 is 0. The predicted molar refractivity (Wildman–Crippen MR) is 209 cm³/mol. The number of methoxy groups -OCH3 is 2. The summed E-state index contributed by atoms with van der Waals surface area (Å²) in [5, 5.41) is 26.3. The molecule has 0 atom stereocenters. The number of allylic oxidation sites excluding steroid dienone is 1. The van der Waals surface area contributed by atoms with Crippen LogP contribution in [0.2, 0.25) is 0 Å². The maximum Gasteiger partial charge on any atom is 0.300 e. The number of anilines is 2. The molecule has 0 heterocycles. The van der Waals surface area contributed by atoms with E-state index < -0.39 is 94.1 Å². The molecule has 0 amide bonds. The van der Waals surface area contributed by atoms with Crippen LogP contribution in [0.4, 0.5) is 22.7 Å². The Bertz CT molecular complexity index is 3190. The molecule has 0 spiro atoms. The third-order valence-corrected chi connectivity index (χ3v) is 12.3. The Kier molecular flexibility index (Phi) is 10.8. The van der Waals surface area contributed by atoms with E-state index in [1.807, 2.05) is 0 Å². The minimum atomic E-state index is -5.17. The Morgan fingerprint density at radius 2 is 1.20 bits per heavy atom. The molecule has 25 heteroatoms. The fraction of sp³-hybridized carbons (Fsp3) is 0.0588. The van der Waals surface area contributed by atoms with Crippen molar-refractivity contribution in [2.45, 2.75) is 14.7 Å². The molecule has 21 nitrogen and oxygen atoms in total. The van der Waals surface area contributed by atoms with Crippen molar-refractivity contribution in [3.8, 4) is 28.4 Å². The summed E-state index contributed by atoms with van der Waals surface area (Å²) in [5.74, 6) is -2.08. The smallest absolute Gasteiger partial charge is 0.300 e. The van der Waals surface area contributed by atoms with E-state index in [1.54, 1.807) is 12.1 Å². The van der Waals surface area contributed by atoms with Crippen LogP contribution in [0.5, 0.6) is 17.2 Å². The first-order chi connectivity index (χ1) is 27.4. The van der Waals surface area contributed by atoms with E-state index in [1.165, 1.54) is 44.6 Å². The lowest BCUT2D eigenvalue weighted by atomic mass is 9.93. The van der Waals surface area contributed by atoms with Gasteiger partial charge in [-0.05, 0) is 65.7 Å². The molecule has 0 unspecified atom stereocenters. The van der Waals surface area contributed by atoms with Crippen molar-refractivity contribution >= 4 is 91.6 Å². The first-order valence-corrected chi connectivity index (χ1v) is 21.7. The molecule has 5 aromatic carbocycles. The van der Waals surface area contributed by atoms with Gasteiger partial charge in [-0.3, -0.25) is 39.3 Å². The highest BCUT2D eigenvalue weighted by molar-refractivity contribution is 7.91. The Morgan fingerprint density at radius 3 is 1.80 bits per heavy atom. The van der Waals surface area contributed by atoms with Crippen molar-refractivity contribution in [1.82, 2.24) is 0 Å². The quantitative estimate of drug-likeness (QED) is 0.0449. The van der Waals surface area contributed by atoms with Gasteiger partial charge in [-0.15, -0.1) is 10.2 Å². The minimum absolute atomic E-state index is 0.0660. The molecule has 0 aliphatic heterocycles. The number of aromatic hydroxyl groups is 1. The lowest BCUT2D eigenvalue weighted by Gasteiger charge is -2.18. The number of rotatable bonds is 12. The number of phenols is 1. The molecule has 5 aromatic rings. The van der Waals surface area contributed by atoms with Crippen LogP contribution in [0.25, 0.3) is 28.0 Å². The molecule has 0 fully saturated rings. The Morgan fingerprint density at radius 1 is 0.627 bits per heavy atom. The molecule has 1 aliphatic carbocycles. The molecule has 59 heavy (non-hydrogen) atoms. The fourth-order valence-corrected chi connectivity index (χ4v) is 8.75. The van der Waals surface area contributed by atoms with Crippen LogP contribution in [-0.4, -0.2) is 82.7 Å². The van der Waals surface area contributed by atoms with Gasteiger partial charge in [0, 0.05) is 16.3 Å². The maximum absolute atomic E-state index is 13.1. The number of benzene rings is 5. The average Bonchev–Trinajstić information content (AvgIpc) is 3.15. The van der Waals surface area contributed by atoms with Crippen molar-refractivity contribution in [2.24, 2.45) is 10.2 Å². The van der Waals surface area contributed by atoms with Crippen LogP contribution < -0.4 is 20.3 Å². The second-order valence-corrected chi connectivity index (χ2v) is 17.7. The molecule has 0 aromatic heterocycles. The molecule has 8 N–H and O–H groups in total. The number of carbonyl (C=O) groups is 1. The molecule has 0 saturated heterocycles. The molecular formula is C34H27N5O16S4. The number of nitrogens with one attached hydrogen (secondary N) is 3. The van der Waals surface area contributed by atoms with Crippen LogP contribution in [-0.2, 0) is 40.5 Å². The number of hydrogen-bond donors (Lipinski definition) is 8. The number of Topliss-reactive ketones (excluding diaryl/α,β-unsaturated/α-hetero) is 1. The van der Waals surface area contributed by atoms with Gasteiger partial charge in [-0.1, -0.05) is 24.3 Å². The summed E-state index contributed by atoms with van der Waals surface area (Å²) in [6, 6.07) is 15.3. The maximum atomic E-state index is 13.1. The monoisotopic (exact) mass is 889 g/mol. The van der Waals surface area contributed by atoms with Gasteiger partial charge in [0.2, 0.25) is 5.78 Å². The Labute approximate surface area is 334 Å². The summed E-state index contributed by atoms with van der Waals surface area (Å²) in [6.45, 7) is 0. The van der Waals surface area contributed by atoms with E-state index >= 15 is 0 Å². The van der Waals surface area contributed by atoms with Gasteiger partial charge >= 0.3 is 0 Å². The average molecular weight is 890 g/mol. The largest absolute Gasteiger partial charge is 0.506 e. The zero-order valence-corrected chi connectivity index (χ0v) is 33.0. The lowest BCUT2D eigenvalue weighted by molar-refractivity contribution is 0.106. The van der Waals surface area contributed by atoms with E-state index in [4.69, 9.17) is 14.9 Å². The summed E-state index contributed by atoms with van der Waals surface area (Å²) in [7, 11) is -17.6. The van der Waals surface area contributed by atoms with Crippen LogP contribution in [0.3, 0.4) is 0 Å². The molecule has 0 bridgehead atoms.